The smallest absolute Gasteiger partial charge is 0.0976 e. The molecule has 0 amide bonds. The summed E-state index contributed by atoms with van der Waals surface area (Å²) in [5, 5.41) is 11.3. The van der Waals surface area contributed by atoms with Crippen molar-refractivity contribution in [2.45, 2.75) is 70.4 Å². The maximum Gasteiger partial charge on any atom is 0.0976 e. The van der Waals surface area contributed by atoms with Crippen molar-refractivity contribution in [3.8, 4) is 0 Å². The van der Waals surface area contributed by atoms with Gasteiger partial charge in [-0.2, -0.15) is 0 Å². The van der Waals surface area contributed by atoms with Crippen molar-refractivity contribution in [3.05, 3.63) is 34.9 Å². The highest BCUT2D eigenvalue weighted by Gasteiger charge is 2.46. The number of piperidine rings is 1. The van der Waals surface area contributed by atoms with E-state index in [1.807, 2.05) is 0 Å². The van der Waals surface area contributed by atoms with Gasteiger partial charge in [0, 0.05) is 0 Å². The fraction of sp³-hybridized carbons (Fsp3) is 0.684. The Morgan fingerprint density at radius 1 is 1.00 bits per heavy atom. The molecule has 1 N–H and O–H groups in total. The molecule has 116 valence electrons. The van der Waals surface area contributed by atoms with Crippen LogP contribution >= 0.6 is 0 Å². The van der Waals surface area contributed by atoms with E-state index in [9.17, 15) is 5.11 Å². The van der Waals surface area contributed by atoms with E-state index in [2.05, 4.69) is 36.9 Å². The van der Waals surface area contributed by atoms with E-state index in [4.69, 9.17) is 0 Å². The molecule has 1 unspecified atom stereocenters. The predicted molar refractivity (Wildman–Crippen MR) is 87.5 cm³/mol. The van der Waals surface area contributed by atoms with Crippen molar-refractivity contribution in [2.75, 3.05) is 13.1 Å². The van der Waals surface area contributed by atoms with E-state index >= 15 is 0 Å². The number of aryl methyl sites for hydroxylation is 2. The number of likely N-dealkylation sites (tertiary alicyclic amines) is 1. The Balaban J connectivity index is 1.94. The second-order valence-corrected chi connectivity index (χ2v) is 7.12. The average Bonchev–Trinajstić information content (AvgIpc) is 3.01. The summed E-state index contributed by atoms with van der Waals surface area (Å²) >= 11 is 0. The van der Waals surface area contributed by atoms with Crippen molar-refractivity contribution in [1.29, 1.82) is 0 Å². The molecule has 2 fully saturated rings. The molecule has 0 bridgehead atoms. The summed E-state index contributed by atoms with van der Waals surface area (Å²) in [6, 6.07) is 6.50. The molecule has 1 saturated heterocycles. The predicted octanol–water partition coefficient (Wildman–Crippen LogP) is 4.14. The highest BCUT2D eigenvalue weighted by molar-refractivity contribution is 5.34. The van der Waals surface area contributed by atoms with Crippen molar-refractivity contribution in [2.24, 2.45) is 0 Å². The Labute approximate surface area is 129 Å². The van der Waals surface area contributed by atoms with Crippen LogP contribution in [0.5, 0.6) is 0 Å². The van der Waals surface area contributed by atoms with Gasteiger partial charge in [0.25, 0.3) is 0 Å². The molecule has 21 heavy (non-hydrogen) atoms. The first kappa shape index (κ1) is 15.1. The highest BCUT2D eigenvalue weighted by atomic mass is 16.3. The van der Waals surface area contributed by atoms with Gasteiger partial charge in [0.05, 0.1) is 11.6 Å². The number of hydrogen-bond acceptors (Lipinski definition) is 2. The molecular weight excluding hydrogens is 258 g/mol. The molecule has 0 aromatic heterocycles. The largest absolute Gasteiger partial charge is 0.386 e. The Kier molecular flexibility index (Phi) is 4.37. The van der Waals surface area contributed by atoms with Gasteiger partial charge in [0.2, 0.25) is 0 Å². The molecule has 2 nitrogen and oxygen atoms in total. The first-order chi connectivity index (χ1) is 10.1. The molecule has 2 heteroatoms. The summed E-state index contributed by atoms with van der Waals surface area (Å²) in [7, 11) is 0. The number of nitrogens with zero attached hydrogens (tertiary/aromatic N) is 1. The maximum absolute atomic E-state index is 11.3. The van der Waals surface area contributed by atoms with Crippen LogP contribution in [0.3, 0.4) is 0 Å². The van der Waals surface area contributed by atoms with Crippen LogP contribution in [0.2, 0.25) is 0 Å². The van der Waals surface area contributed by atoms with E-state index in [0.717, 1.165) is 18.4 Å². The fourth-order valence-corrected chi connectivity index (χ4v) is 4.43. The average molecular weight is 287 g/mol. The molecule has 1 aliphatic carbocycles. The number of aliphatic hydroxyl groups excluding tert-OH is 1. The van der Waals surface area contributed by atoms with Crippen LogP contribution in [0.4, 0.5) is 0 Å². The van der Waals surface area contributed by atoms with Crippen molar-refractivity contribution in [1.82, 2.24) is 4.90 Å². The zero-order chi connectivity index (χ0) is 14.9. The molecular formula is C19H29NO. The third-order valence-electron chi connectivity index (χ3n) is 5.69. The summed E-state index contributed by atoms with van der Waals surface area (Å²) in [5.74, 6) is 0. The molecule has 2 aliphatic rings. The second kappa shape index (κ2) is 6.10. The monoisotopic (exact) mass is 287 g/mol. The third-order valence-corrected chi connectivity index (χ3v) is 5.69. The summed E-state index contributed by atoms with van der Waals surface area (Å²) in [4.78, 5) is 2.62. The molecule has 1 aliphatic heterocycles. The van der Waals surface area contributed by atoms with Gasteiger partial charge in [-0.25, -0.2) is 0 Å². The Morgan fingerprint density at radius 2 is 1.67 bits per heavy atom. The molecule has 1 aromatic rings. The standard InChI is InChI=1S/C19H29NO/c1-15-8-9-16(2)17(14-15)18(21)19(10-4-5-11-19)20-12-6-3-7-13-20/h8-9,14,18,21H,3-7,10-13H2,1-2H3. The molecule has 1 aromatic carbocycles. The summed E-state index contributed by atoms with van der Waals surface area (Å²) in [5.41, 5.74) is 3.64. The molecule has 0 radical (unpaired) electrons. The summed E-state index contributed by atoms with van der Waals surface area (Å²) < 4.78 is 0. The topological polar surface area (TPSA) is 23.5 Å². The minimum Gasteiger partial charge on any atom is -0.386 e. The lowest BCUT2D eigenvalue weighted by atomic mass is 9.81. The lowest BCUT2D eigenvalue weighted by Gasteiger charge is -2.47. The minimum atomic E-state index is -0.335. The molecule has 3 rings (SSSR count). The van der Waals surface area contributed by atoms with Gasteiger partial charge in [-0.1, -0.05) is 43.0 Å². The first-order valence-electron chi connectivity index (χ1n) is 8.64. The van der Waals surface area contributed by atoms with Crippen LogP contribution in [0.15, 0.2) is 18.2 Å². The zero-order valence-electron chi connectivity index (χ0n) is 13.6. The third kappa shape index (κ3) is 2.76. The zero-order valence-corrected chi connectivity index (χ0v) is 13.6. The van der Waals surface area contributed by atoms with Crippen LogP contribution in [0.1, 0.15) is 67.7 Å². The van der Waals surface area contributed by atoms with Gasteiger partial charge in [-0.3, -0.25) is 4.90 Å². The van der Waals surface area contributed by atoms with Gasteiger partial charge in [0.15, 0.2) is 0 Å². The van der Waals surface area contributed by atoms with Crippen molar-refractivity contribution < 1.29 is 5.11 Å². The normalized spacial score (nSPS) is 24.1. The number of hydrogen-bond donors (Lipinski definition) is 1. The van der Waals surface area contributed by atoms with E-state index in [1.165, 1.54) is 56.3 Å². The highest BCUT2D eigenvalue weighted by Crippen LogP contribution is 2.46. The quantitative estimate of drug-likeness (QED) is 0.903. The second-order valence-electron chi connectivity index (χ2n) is 7.12. The first-order valence-corrected chi connectivity index (χ1v) is 8.64. The van der Waals surface area contributed by atoms with Crippen LogP contribution in [-0.2, 0) is 0 Å². The lowest BCUT2D eigenvalue weighted by molar-refractivity contribution is -0.0408. The molecule has 1 heterocycles. The summed E-state index contributed by atoms with van der Waals surface area (Å²) in [6.45, 7) is 6.60. The van der Waals surface area contributed by atoms with Crippen LogP contribution in [0.25, 0.3) is 0 Å². The van der Waals surface area contributed by atoms with E-state index in [0.29, 0.717) is 0 Å². The molecule has 1 atom stereocenters. The maximum atomic E-state index is 11.3. The van der Waals surface area contributed by atoms with Gasteiger partial charge in [-0.15, -0.1) is 0 Å². The number of aliphatic hydroxyl groups is 1. The van der Waals surface area contributed by atoms with Gasteiger partial charge < -0.3 is 5.11 Å². The fourth-order valence-electron chi connectivity index (χ4n) is 4.43. The molecule has 1 saturated carbocycles. The van der Waals surface area contributed by atoms with Crippen LogP contribution < -0.4 is 0 Å². The van der Waals surface area contributed by atoms with E-state index < -0.39 is 0 Å². The number of benzene rings is 1. The van der Waals surface area contributed by atoms with Crippen LogP contribution in [0, 0.1) is 13.8 Å². The molecule has 0 spiro atoms. The SMILES string of the molecule is Cc1ccc(C)c(C(O)C2(N3CCCCC3)CCCC2)c1. The van der Waals surface area contributed by atoms with Gasteiger partial charge >= 0.3 is 0 Å². The van der Waals surface area contributed by atoms with E-state index in [-0.39, 0.29) is 11.6 Å². The van der Waals surface area contributed by atoms with Crippen molar-refractivity contribution >= 4 is 0 Å². The van der Waals surface area contributed by atoms with E-state index in [1.54, 1.807) is 0 Å². The summed E-state index contributed by atoms with van der Waals surface area (Å²) in [6.07, 6.45) is 8.44. The van der Waals surface area contributed by atoms with Crippen molar-refractivity contribution in [3.63, 3.8) is 0 Å². The van der Waals surface area contributed by atoms with Gasteiger partial charge in [-0.05, 0) is 63.7 Å². The Morgan fingerprint density at radius 3 is 2.33 bits per heavy atom. The Bertz CT molecular complexity index is 484. The lowest BCUT2D eigenvalue weighted by Crippen LogP contribution is -2.53. The Hall–Kier alpha value is -0.860. The van der Waals surface area contributed by atoms with Crippen LogP contribution in [-0.4, -0.2) is 28.6 Å². The van der Waals surface area contributed by atoms with Gasteiger partial charge in [0.1, 0.15) is 0 Å². The minimum absolute atomic E-state index is 0.00102. The number of rotatable bonds is 3.